The number of nitrogens with zero attached hydrogens (tertiary/aromatic N) is 3. The molecule has 0 unspecified atom stereocenters. The molecule has 146 valence electrons. The molecule has 3 amide bonds. The minimum atomic E-state index is -0.116. The van der Waals surface area contributed by atoms with Crippen molar-refractivity contribution in [2.75, 3.05) is 20.1 Å². The number of urea groups is 1. The number of hydrogen-bond donors (Lipinski definition) is 1. The number of carbonyl (C=O) groups is 2. The summed E-state index contributed by atoms with van der Waals surface area (Å²) < 4.78 is 6.30. The number of thiazole rings is 1. The minimum absolute atomic E-state index is 0.0611. The molecule has 8 heteroatoms. The standard InChI is InChI=1S/C20H22N4O3S/c1-23(13-18-22-15-5-2-3-7-17(15)28-18)20(26)21-14-8-10-24(11-9-14)19(25)16-6-4-12-27-16/h2-7,12,14H,8-11,13H2,1H3,(H,21,26). The van der Waals surface area contributed by atoms with E-state index in [-0.39, 0.29) is 18.0 Å². The van der Waals surface area contributed by atoms with Crippen molar-refractivity contribution in [3.63, 3.8) is 0 Å². The van der Waals surface area contributed by atoms with Crippen LogP contribution in [0.2, 0.25) is 0 Å². The molecule has 0 saturated carbocycles. The van der Waals surface area contributed by atoms with Crippen molar-refractivity contribution >= 4 is 33.5 Å². The monoisotopic (exact) mass is 398 g/mol. The van der Waals surface area contributed by atoms with E-state index in [9.17, 15) is 9.59 Å². The van der Waals surface area contributed by atoms with E-state index in [1.807, 2.05) is 24.3 Å². The van der Waals surface area contributed by atoms with Gasteiger partial charge in [-0.3, -0.25) is 4.79 Å². The molecule has 0 aliphatic carbocycles. The van der Waals surface area contributed by atoms with Crippen molar-refractivity contribution in [2.45, 2.75) is 25.4 Å². The Hall–Kier alpha value is -2.87. The molecular formula is C20H22N4O3S. The van der Waals surface area contributed by atoms with E-state index in [4.69, 9.17) is 4.42 Å². The van der Waals surface area contributed by atoms with E-state index >= 15 is 0 Å². The second-order valence-corrected chi connectivity index (χ2v) is 8.04. The highest BCUT2D eigenvalue weighted by molar-refractivity contribution is 7.18. The molecule has 7 nitrogen and oxygen atoms in total. The van der Waals surface area contributed by atoms with Crippen LogP contribution in [0, 0.1) is 0 Å². The van der Waals surface area contributed by atoms with Gasteiger partial charge in [0.2, 0.25) is 0 Å². The summed E-state index contributed by atoms with van der Waals surface area (Å²) in [6.07, 6.45) is 2.96. The fourth-order valence-electron chi connectivity index (χ4n) is 3.33. The normalized spacial score (nSPS) is 15.0. The van der Waals surface area contributed by atoms with Crippen molar-refractivity contribution < 1.29 is 14.0 Å². The van der Waals surface area contributed by atoms with E-state index in [0.717, 1.165) is 28.1 Å². The number of benzene rings is 1. The second-order valence-electron chi connectivity index (χ2n) is 6.92. The number of amides is 3. The maximum Gasteiger partial charge on any atom is 0.317 e. The van der Waals surface area contributed by atoms with Crippen molar-refractivity contribution in [2.24, 2.45) is 0 Å². The van der Waals surface area contributed by atoms with Crippen LogP contribution in [0.5, 0.6) is 0 Å². The SMILES string of the molecule is CN(Cc1nc2ccccc2s1)C(=O)NC1CCN(C(=O)c2ccco2)CC1. The molecule has 1 aliphatic rings. The molecule has 0 radical (unpaired) electrons. The average Bonchev–Trinajstić information content (AvgIpc) is 3.37. The zero-order valence-electron chi connectivity index (χ0n) is 15.6. The summed E-state index contributed by atoms with van der Waals surface area (Å²) in [6.45, 7) is 1.68. The van der Waals surface area contributed by atoms with E-state index in [0.29, 0.717) is 25.4 Å². The summed E-state index contributed by atoms with van der Waals surface area (Å²) in [5.41, 5.74) is 0.963. The Morgan fingerprint density at radius 3 is 2.75 bits per heavy atom. The smallest absolute Gasteiger partial charge is 0.317 e. The van der Waals surface area contributed by atoms with Gasteiger partial charge in [-0.05, 0) is 37.1 Å². The predicted octanol–water partition coefficient (Wildman–Crippen LogP) is 3.34. The van der Waals surface area contributed by atoms with Gasteiger partial charge in [-0.1, -0.05) is 12.1 Å². The second kappa shape index (κ2) is 8.02. The van der Waals surface area contributed by atoms with Crippen LogP contribution in [-0.2, 0) is 6.54 Å². The zero-order valence-corrected chi connectivity index (χ0v) is 16.4. The van der Waals surface area contributed by atoms with Crippen LogP contribution in [-0.4, -0.2) is 52.9 Å². The van der Waals surface area contributed by atoms with E-state index in [1.54, 1.807) is 40.3 Å². The lowest BCUT2D eigenvalue weighted by Gasteiger charge is -2.32. The number of carbonyl (C=O) groups excluding carboxylic acids is 2. The first-order valence-corrected chi connectivity index (χ1v) is 10.1. The number of para-hydroxylation sites is 1. The fourth-order valence-corrected chi connectivity index (χ4v) is 4.35. The first-order valence-electron chi connectivity index (χ1n) is 9.29. The van der Waals surface area contributed by atoms with Gasteiger partial charge in [0.15, 0.2) is 5.76 Å². The Balaban J connectivity index is 1.27. The Bertz CT molecular complexity index is 928. The molecule has 3 heterocycles. The Kier molecular flexibility index (Phi) is 5.29. The summed E-state index contributed by atoms with van der Waals surface area (Å²) in [5, 5.41) is 3.98. The lowest BCUT2D eigenvalue weighted by Crippen LogP contribution is -2.49. The molecule has 4 rings (SSSR count). The third-order valence-electron chi connectivity index (χ3n) is 4.90. The van der Waals surface area contributed by atoms with E-state index < -0.39 is 0 Å². The number of hydrogen-bond acceptors (Lipinski definition) is 5. The van der Waals surface area contributed by atoms with Crippen LogP contribution >= 0.6 is 11.3 Å². The quantitative estimate of drug-likeness (QED) is 0.731. The highest BCUT2D eigenvalue weighted by atomic mass is 32.1. The van der Waals surface area contributed by atoms with Gasteiger partial charge in [0.05, 0.1) is 23.0 Å². The van der Waals surface area contributed by atoms with Gasteiger partial charge in [-0.15, -0.1) is 11.3 Å². The summed E-state index contributed by atoms with van der Waals surface area (Å²) >= 11 is 1.61. The van der Waals surface area contributed by atoms with E-state index in [2.05, 4.69) is 10.3 Å². The highest BCUT2D eigenvalue weighted by Crippen LogP contribution is 2.22. The van der Waals surface area contributed by atoms with E-state index in [1.165, 1.54) is 6.26 Å². The van der Waals surface area contributed by atoms with Crippen molar-refractivity contribution in [3.05, 3.63) is 53.4 Å². The number of furan rings is 1. The number of fused-ring (bicyclic) bond motifs is 1. The number of likely N-dealkylation sites (tertiary alicyclic amines) is 1. The Morgan fingerprint density at radius 2 is 2.04 bits per heavy atom. The molecule has 1 fully saturated rings. The molecule has 1 saturated heterocycles. The molecule has 0 bridgehead atoms. The van der Waals surface area contributed by atoms with Crippen molar-refractivity contribution in [3.8, 4) is 0 Å². The third-order valence-corrected chi connectivity index (χ3v) is 5.92. The fraction of sp³-hybridized carbons (Fsp3) is 0.350. The number of aromatic nitrogens is 1. The van der Waals surface area contributed by atoms with Crippen LogP contribution in [0.1, 0.15) is 28.4 Å². The topological polar surface area (TPSA) is 78.7 Å². The third kappa shape index (κ3) is 4.01. The van der Waals surface area contributed by atoms with Gasteiger partial charge in [0, 0.05) is 26.2 Å². The Labute approximate surface area is 166 Å². The number of piperidine rings is 1. The van der Waals surface area contributed by atoms with Gasteiger partial charge in [-0.25, -0.2) is 9.78 Å². The molecule has 1 aliphatic heterocycles. The van der Waals surface area contributed by atoms with Crippen LogP contribution in [0.3, 0.4) is 0 Å². The van der Waals surface area contributed by atoms with Gasteiger partial charge >= 0.3 is 6.03 Å². The molecule has 0 spiro atoms. The van der Waals surface area contributed by atoms with Crippen molar-refractivity contribution in [1.29, 1.82) is 0 Å². The first kappa shape index (κ1) is 18.5. The number of rotatable bonds is 4. The average molecular weight is 398 g/mol. The van der Waals surface area contributed by atoms with Gasteiger partial charge in [0.1, 0.15) is 5.01 Å². The predicted molar refractivity (Wildman–Crippen MR) is 107 cm³/mol. The van der Waals surface area contributed by atoms with Crippen LogP contribution in [0.25, 0.3) is 10.2 Å². The number of nitrogens with one attached hydrogen (secondary N) is 1. The molecule has 3 aromatic rings. The van der Waals surface area contributed by atoms with Gasteiger partial charge in [0.25, 0.3) is 5.91 Å². The van der Waals surface area contributed by atoms with Crippen LogP contribution < -0.4 is 5.32 Å². The molecule has 0 atom stereocenters. The molecule has 2 aromatic heterocycles. The van der Waals surface area contributed by atoms with Crippen LogP contribution in [0.15, 0.2) is 47.1 Å². The molecule has 28 heavy (non-hydrogen) atoms. The van der Waals surface area contributed by atoms with Gasteiger partial charge < -0.3 is 19.5 Å². The van der Waals surface area contributed by atoms with Crippen molar-refractivity contribution in [1.82, 2.24) is 20.1 Å². The Morgan fingerprint density at radius 1 is 1.25 bits per heavy atom. The summed E-state index contributed by atoms with van der Waals surface area (Å²) in [4.78, 5) is 32.8. The summed E-state index contributed by atoms with van der Waals surface area (Å²) in [7, 11) is 1.77. The lowest BCUT2D eigenvalue weighted by molar-refractivity contribution is 0.0674. The lowest BCUT2D eigenvalue weighted by atomic mass is 10.0. The first-order chi connectivity index (χ1) is 13.6. The minimum Gasteiger partial charge on any atom is -0.459 e. The zero-order chi connectivity index (χ0) is 19.5. The molecule has 1 aromatic carbocycles. The maximum atomic E-state index is 12.5. The molecular weight excluding hydrogens is 376 g/mol. The summed E-state index contributed by atoms with van der Waals surface area (Å²) in [5.74, 6) is 0.265. The molecule has 1 N–H and O–H groups in total. The highest BCUT2D eigenvalue weighted by Gasteiger charge is 2.26. The van der Waals surface area contributed by atoms with Crippen LogP contribution in [0.4, 0.5) is 4.79 Å². The largest absolute Gasteiger partial charge is 0.459 e. The summed E-state index contributed by atoms with van der Waals surface area (Å²) in [6, 6.07) is 11.3. The maximum absolute atomic E-state index is 12.5. The van der Waals surface area contributed by atoms with Gasteiger partial charge in [-0.2, -0.15) is 0 Å².